The summed E-state index contributed by atoms with van der Waals surface area (Å²) >= 11 is 3.42. The number of rotatable bonds is 3. The molecule has 0 fully saturated rings. The van der Waals surface area contributed by atoms with E-state index in [2.05, 4.69) is 35.0 Å². The van der Waals surface area contributed by atoms with Gasteiger partial charge in [0.05, 0.1) is 11.6 Å². The predicted octanol–water partition coefficient (Wildman–Crippen LogP) is 4.94. The standard InChI is InChI=1S/C16H14BrN/c1-2-3-12-4-9-16(14(10-12)11-18)13-5-7-15(17)8-6-13/h4-10H,2-3H2,1H3. The van der Waals surface area contributed by atoms with Crippen LogP contribution in [0.2, 0.25) is 0 Å². The van der Waals surface area contributed by atoms with E-state index in [0.29, 0.717) is 0 Å². The first-order valence-electron chi connectivity index (χ1n) is 6.03. The maximum Gasteiger partial charge on any atom is 0.0998 e. The number of aryl methyl sites for hydroxylation is 1. The summed E-state index contributed by atoms with van der Waals surface area (Å²) in [5, 5.41) is 9.27. The largest absolute Gasteiger partial charge is 0.192 e. The van der Waals surface area contributed by atoms with Crippen molar-refractivity contribution in [3.05, 3.63) is 58.1 Å². The van der Waals surface area contributed by atoms with Crippen molar-refractivity contribution in [3.8, 4) is 17.2 Å². The average Bonchev–Trinajstić information content (AvgIpc) is 2.40. The zero-order valence-electron chi connectivity index (χ0n) is 10.3. The Morgan fingerprint density at radius 1 is 1.11 bits per heavy atom. The number of hydrogen-bond donors (Lipinski definition) is 0. The Labute approximate surface area is 116 Å². The summed E-state index contributed by atoms with van der Waals surface area (Å²) in [5.41, 5.74) is 4.07. The lowest BCUT2D eigenvalue weighted by molar-refractivity contribution is 0.921. The highest BCUT2D eigenvalue weighted by atomic mass is 79.9. The van der Waals surface area contributed by atoms with E-state index in [1.54, 1.807) is 0 Å². The fraction of sp³-hybridized carbons (Fsp3) is 0.188. The highest BCUT2D eigenvalue weighted by molar-refractivity contribution is 9.10. The average molecular weight is 300 g/mol. The Morgan fingerprint density at radius 2 is 1.83 bits per heavy atom. The molecule has 0 saturated heterocycles. The predicted molar refractivity (Wildman–Crippen MR) is 78.3 cm³/mol. The third-order valence-electron chi connectivity index (χ3n) is 2.90. The summed E-state index contributed by atoms with van der Waals surface area (Å²) in [6.07, 6.45) is 2.12. The second kappa shape index (κ2) is 5.84. The fourth-order valence-electron chi connectivity index (χ4n) is 2.01. The van der Waals surface area contributed by atoms with Crippen LogP contribution in [-0.4, -0.2) is 0 Å². The lowest BCUT2D eigenvalue weighted by atomic mass is 9.97. The van der Waals surface area contributed by atoms with Crippen LogP contribution in [0, 0.1) is 11.3 Å². The van der Waals surface area contributed by atoms with Gasteiger partial charge in [0.15, 0.2) is 0 Å². The van der Waals surface area contributed by atoms with Gasteiger partial charge in [-0.2, -0.15) is 5.26 Å². The van der Waals surface area contributed by atoms with Crippen molar-refractivity contribution < 1.29 is 0 Å². The quantitative estimate of drug-likeness (QED) is 0.787. The fourth-order valence-corrected chi connectivity index (χ4v) is 2.27. The summed E-state index contributed by atoms with van der Waals surface area (Å²) < 4.78 is 1.05. The zero-order chi connectivity index (χ0) is 13.0. The van der Waals surface area contributed by atoms with Crippen molar-refractivity contribution in [1.29, 1.82) is 5.26 Å². The minimum absolute atomic E-state index is 0.753. The molecule has 0 saturated carbocycles. The maximum absolute atomic E-state index is 9.27. The van der Waals surface area contributed by atoms with Crippen molar-refractivity contribution in [1.82, 2.24) is 0 Å². The Morgan fingerprint density at radius 3 is 2.44 bits per heavy atom. The first-order valence-corrected chi connectivity index (χ1v) is 6.83. The molecule has 2 aromatic carbocycles. The number of nitrogens with zero attached hydrogens (tertiary/aromatic N) is 1. The second-order valence-electron chi connectivity index (χ2n) is 4.25. The van der Waals surface area contributed by atoms with Gasteiger partial charge >= 0.3 is 0 Å². The summed E-state index contributed by atoms with van der Waals surface area (Å²) in [7, 11) is 0. The number of benzene rings is 2. The van der Waals surface area contributed by atoms with Crippen LogP contribution in [0.1, 0.15) is 24.5 Å². The molecule has 0 atom stereocenters. The van der Waals surface area contributed by atoms with Gasteiger partial charge in [0.1, 0.15) is 0 Å². The highest BCUT2D eigenvalue weighted by Crippen LogP contribution is 2.26. The summed E-state index contributed by atoms with van der Waals surface area (Å²) in [6.45, 7) is 2.15. The molecule has 2 heteroatoms. The third kappa shape index (κ3) is 2.80. The van der Waals surface area contributed by atoms with Gasteiger partial charge in [-0.1, -0.05) is 53.5 Å². The topological polar surface area (TPSA) is 23.8 Å². The molecule has 0 radical (unpaired) electrons. The number of hydrogen-bond acceptors (Lipinski definition) is 1. The first-order chi connectivity index (χ1) is 8.74. The van der Waals surface area contributed by atoms with Crippen molar-refractivity contribution in [2.45, 2.75) is 19.8 Å². The van der Waals surface area contributed by atoms with Gasteiger partial charge < -0.3 is 0 Å². The van der Waals surface area contributed by atoms with E-state index in [1.165, 1.54) is 5.56 Å². The van der Waals surface area contributed by atoms with Crippen LogP contribution in [0.5, 0.6) is 0 Å². The molecule has 2 rings (SSSR count). The lowest BCUT2D eigenvalue weighted by Gasteiger charge is -2.07. The zero-order valence-corrected chi connectivity index (χ0v) is 11.9. The highest BCUT2D eigenvalue weighted by Gasteiger charge is 2.05. The van der Waals surface area contributed by atoms with Gasteiger partial charge in [0, 0.05) is 4.47 Å². The molecule has 0 aromatic heterocycles. The molecule has 0 N–H and O–H groups in total. The van der Waals surface area contributed by atoms with E-state index >= 15 is 0 Å². The van der Waals surface area contributed by atoms with E-state index in [-0.39, 0.29) is 0 Å². The van der Waals surface area contributed by atoms with E-state index in [9.17, 15) is 5.26 Å². The maximum atomic E-state index is 9.27. The molecule has 0 bridgehead atoms. The van der Waals surface area contributed by atoms with Gasteiger partial charge in [0.25, 0.3) is 0 Å². The third-order valence-corrected chi connectivity index (χ3v) is 3.43. The molecular formula is C16H14BrN. The monoisotopic (exact) mass is 299 g/mol. The molecule has 90 valence electrons. The molecule has 0 aliphatic carbocycles. The van der Waals surface area contributed by atoms with E-state index < -0.39 is 0 Å². The SMILES string of the molecule is CCCc1ccc(-c2ccc(Br)cc2)c(C#N)c1. The number of nitriles is 1. The Kier molecular flexibility index (Phi) is 4.17. The molecule has 0 unspecified atom stereocenters. The van der Waals surface area contributed by atoms with Gasteiger partial charge in [-0.25, -0.2) is 0 Å². The second-order valence-corrected chi connectivity index (χ2v) is 5.16. The van der Waals surface area contributed by atoms with Crippen LogP contribution >= 0.6 is 15.9 Å². The molecule has 0 heterocycles. The van der Waals surface area contributed by atoms with Crippen molar-refractivity contribution >= 4 is 15.9 Å². The van der Waals surface area contributed by atoms with Crippen LogP contribution in [-0.2, 0) is 6.42 Å². The summed E-state index contributed by atoms with van der Waals surface area (Å²) in [5.74, 6) is 0. The molecule has 2 aromatic rings. The Balaban J connectivity index is 2.45. The molecule has 18 heavy (non-hydrogen) atoms. The van der Waals surface area contributed by atoms with Crippen LogP contribution in [0.15, 0.2) is 46.9 Å². The Hall–Kier alpha value is -1.59. The first kappa shape index (κ1) is 12.9. The van der Waals surface area contributed by atoms with Gasteiger partial charge in [0.2, 0.25) is 0 Å². The summed E-state index contributed by atoms with van der Waals surface area (Å²) in [6, 6.07) is 16.5. The molecule has 1 nitrogen and oxygen atoms in total. The molecule has 0 aliphatic rings. The van der Waals surface area contributed by atoms with Crippen LogP contribution in [0.4, 0.5) is 0 Å². The Bertz CT molecular complexity index is 579. The molecular weight excluding hydrogens is 286 g/mol. The lowest BCUT2D eigenvalue weighted by Crippen LogP contribution is -1.89. The van der Waals surface area contributed by atoms with Crippen molar-refractivity contribution in [2.75, 3.05) is 0 Å². The van der Waals surface area contributed by atoms with Crippen LogP contribution < -0.4 is 0 Å². The van der Waals surface area contributed by atoms with Gasteiger partial charge in [-0.3, -0.25) is 0 Å². The smallest absolute Gasteiger partial charge is 0.0998 e. The minimum Gasteiger partial charge on any atom is -0.192 e. The van der Waals surface area contributed by atoms with Crippen LogP contribution in [0.3, 0.4) is 0 Å². The minimum atomic E-state index is 0.753. The van der Waals surface area contributed by atoms with Crippen LogP contribution in [0.25, 0.3) is 11.1 Å². The number of halogens is 1. The van der Waals surface area contributed by atoms with E-state index in [4.69, 9.17) is 0 Å². The van der Waals surface area contributed by atoms with Crippen molar-refractivity contribution in [2.24, 2.45) is 0 Å². The van der Waals surface area contributed by atoms with Crippen molar-refractivity contribution in [3.63, 3.8) is 0 Å². The molecule has 0 amide bonds. The molecule has 0 aliphatic heterocycles. The van der Waals surface area contributed by atoms with E-state index in [1.807, 2.05) is 36.4 Å². The normalized spacial score (nSPS) is 10.1. The molecule has 0 spiro atoms. The van der Waals surface area contributed by atoms with E-state index in [0.717, 1.165) is 34.0 Å². The van der Waals surface area contributed by atoms with Gasteiger partial charge in [-0.15, -0.1) is 0 Å². The van der Waals surface area contributed by atoms with Gasteiger partial charge in [-0.05, 0) is 41.3 Å². The summed E-state index contributed by atoms with van der Waals surface area (Å²) in [4.78, 5) is 0.